The van der Waals surface area contributed by atoms with Gasteiger partial charge in [-0.05, 0) is 44.0 Å². The largest absolute Gasteiger partial charge is 0.352 e. The van der Waals surface area contributed by atoms with Gasteiger partial charge < -0.3 is 10.6 Å². The van der Waals surface area contributed by atoms with Crippen LogP contribution in [0.5, 0.6) is 0 Å². The van der Waals surface area contributed by atoms with Gasteiger partial charge in [0.1, 0.15) is 0 Å². The molecule has 98 valence electrons. The van der Waals surface area contributed by atoms with Crippen molar-refractivity contribution < 1.29 is 4.79 Å². The highest BCUT2D eigenvalue weighted by Crippen LogP contribution is 2.20. The topological polar surface area (TPSA) is 41.1 Å². The van der Waals surface area contributed by atoms with Crippen LogP contribution in [-0.4, -0.2) is 25.0 Å². The van der Waals surface area contributed by atoms with Crippen LogP contribution in [0.2, 0.25) is 0 Å². The van der Waals surface area contributed by atoms with E-state index in [0.29, 0.717) is 11.6 Å². The Labute approximate surface area is 124 Å². The predicted molar refractivity (Wildman–Crippen MR) is 79.8 cm³/mol. The van der Waals surface area contributed by atoms with Crippen molar-refractivity contribution in [1.82, 2.24) is 10.6 Å². The molecule has 2 N–H and O–H groups in total. The zero-order valence-electron chi connectivity index (χ0n) is 10.0. The first-order chi connectivity index (χ1) is 8.65. The molecule has 1 heterocycles. The summed E-state index contributed by atoms with van der Waals surface area (Å²) in [5.41, 5.74) is 0.677. The van der Waals surface area contributed by atoms with Gasteiger partial charge in [-0.15, -0.1) is 0 Å². The van der Waals surface area contributed by atoms with E-state index in [2.05, 4.69) is 42.5 Å². The predicted octanol–water partition coefficient (Wildman–Crippen LogP) is 3.08. The van der Waals surface area contributed by atoms with E-state index < -0.39 is 0 Å². The summed E-state index contributed by atoms with van der Waals surface area (Å²) in [6, 6.07) is 6.14. The second-order valence-electron chi connectivity index (χ2n) is 4.50. The molecule has 0 unspecified atom stereocenters. The molecule has 2 rings (SSSR count). The Balaban J connectivity index is 1.83. The van der Waals surface area contributed by atoms with E-state index in [-0.39, 0.29) is 5.91 Å². The highest BCUT2D eigenvalue weighted by Gasteiger charge is 2.14. The van der Waals surface area contributed by atoms with Crippen molar-refractivity contribution in [3.8, 4) is 0 Å². The quantitative estimate of drug-likeness (QED) is 0.848. The minimum absolute atomic E-state index is 0.0185. The van der Waals surface area contributed by atoms with Crippen LogP contribution < -0.4 is 10.6 Å². The van der Waals surface area contributed by atoms with Crippen molar-refractivity contribution in [3.05, 3.63) is 32.7 Å². The second-order valence-corrected chi connectivity index (χ2v) is 6.33. The molecule has 18 heavy (non-hydrogen) atoms. The summed E-state index contributed by atoms with van der Waals surface area (Å²) in [6.45, 7) is 1.83. The lowest BCUT2D eigenvalue weighted by molar-refractivity contribution is 0.0952. The zero-order chi connectivity index (χ0) is 13.0. The van der Waals surface area contributed by atoms with Gasteiger partial charge in [0.05, 0.1) is 0 Å². The maximum absolute atomic E-state index is 11.9. The average molecular weight is 376 g/mol. The van der Waals surface area contributed by atoms with Crippen LogP contribution in [-0.2, 0) is 0 Å². The van der Waals surface area contributed by atoms with E-state index in [1.807, 2.05) is 18.2 Å². The van der Waals surface area contributed by atoms with E-state index in [4.69, 9.17) is 0 Å². The van der Waals surface area contributed by atoms with Crippen LogP contribution in [0.4, 0.5) is 0 Å². The maximum Gasteiger partial charge on any atom is 0.251 e. The number of halogens is 2. The fraction of sp³-hybridized carbons (Fsp3) is 0.462. The smallest absolute Gasteiger partial charge is 0.251 e. The van der Waals surface area contributed by atoms with Crippen molar-refractivity contribution in [3.63, 3.8) is 0 Å². The standard InChI is InChI=1S/C13H16Br2N2O/c14-10-6-9(7-11(15)8-10)13(18)17-5-3-12-2-1-4-16-12/h6-8,12,16H,1-5H2,(H,17,18)/t12-/m0/s1. The second kappa shape index (κ2) is 6.68. The molecule has 1 atom stereocenters. The Bertz CT molecular complexity index is 411. The van der Waals surface area contributed by atoms with Gasteiger partial charge in [0.2, 0.25) is 0 Å². The Hall–Kier alpha value is -0.390. The van der Waals surface area contributed by atoms with Crippen LogP contribution in [0, 0.1) is 0 Å². The summed E-state index contributed by atoms with van der Waals surface area (Å²) in [5, 5.41) is 6.38. The lowest BCUT2D eigenvalue weighted by Crippen LogP contribution is -2.30. The van der Waals surface area contributed by atoms with Crippen molar-refractivity contribution in [2.75, 3.05) is 13.1 Å². The van der Waals surface area contributed by atoms with Gasteiger partial charge in [0.25, 0.3) is 5.91 Å². The third-order valence-electron chi connectivity index (χ3n) is 3.07. The van der Waals surface area contributed by atoms with E-state index >= 15 is 0 Å². The highest BCUT2D eigenvalue weighted by molar-refractivity contribution is 9.11. The van der Waals surface area contributed by atoms with Gasteiger partial charge in [0, 0.05) is 27.1 Å². The first kappa shape index (κ1) is 14.0. The van der Waals surface area contributed by atoms with Gasteiger partial charge in [-0.25, -0.2) is 0 Å². The first-order valence-electron chi connectivity index (χ1n) is 6.13. The Kier molecular flexibility index (Phi) is 5.21. The summed E-state index contributed by atoms with van der Waals surface area (Å²) in [5.74, 6) is -0.0185. The molecule has 5 heteroatoms. The van der Waals surface area contributed by atoms with Crippen LogP contribution in [0.15, 0.2) is 27.1 Å². The fourth-order valence-electron chi connectivity index (χ4n) is 2.15. The molecule has 1 aliphatic rings. The number of nitrogens with one attached hydrogen (secondary N) is 2. The maximum atomic E-state index is 11.9. The summed E-state index contributed by atoms with van der Waals surface area (Å²) in [6.07, 6.45) is 3.47. The number of hydrogen-bond donors (Lipinski definition) is 2. The molecule has 3 nitrogen and oxygen atoms in total. The molecule has 0 bridgehead atoms. The Morgan fingerprint density at radius 3 is 2.67 bits per heavy atom. The molecule has 1 aromatic carbocycles. The highest BCUT2D eigenvalue weighted by atomic mass is 79.9. The van der Waals surface area contributed by atoms with Gasteiger partial charge in [-0.3, -0.25) is 4.79 Å². The first-order valence-corrected chi connectivity index (χ1v) is 7.71. The lowest BCUT2D eigenvalue weighted by atomic mass is 10.1. The van der Waals surface area contributed by atoms with E-state index in [1.165, 1.54) is 12.8 Å². The van der Waals surface area contributed by atoms with Crippen LogP contribution >= 0.6 is 31.9 Å². The molecule has 1 fully saturated rings. The van der Waals surface area contributed by atoms with Gasteiger partial charge in [0.15, 0.2) is 0 Å². The van der Waals surface area contributed by atoms with Crippen LogP contribution in [0.25, 0.3) is 0 Å². The van der Waals surface area contributed by atoms with E-state index in [0.717, 1.165) is 28.5 Å². The van der Waals surface area contributed by atoms with Gasteiger partial charge >= 0.3 is 0 Å². The number of carbonyl (C=O) groups is 1. The molecular weight excluding hydrogens is 360 g/mol. The number of amides is 1. The SMILES string of the molecule is O=C(NCC[C@@H]1CCCN1)c1cc(Br)cc(Br)c1. The number of hydrogen-bond acceptors (Lipinski definition) is 2. The number of carbonyl (C=O) groups excluding carboxylic acids is 1. The minimum atomic E-state index is -0.0185. The van der Waals surface area contributed by atoms with Crippen LogP contribution in [0.3, 0.4) is 0 Å². The van der Waals surface area contributed by atoms with Gasteiger partial charge in [-0.1, -0.05) is 31.9 Å². The Morgan fingerprint density at radius 2 is 2.06 bits per heavy atom. The molecule has 0 spiro atoms. The van der Waals surface area contributed by atoms with Crippen molar-refractivity contribution in [2.24, 2.45) is 0 Å². The summed E-state index contributed by atoms with van der Waals surface area (Å²) < 4.78 is 1.80. The third kappa shape index (κ3) is 4.07. The lowest BCUT2D eigenvalue weighted by Gasteiger charge is -2.11. The summed E-state index contributed by atoms with van der Waals surface area (Å²) in [4.78, 5) is 11.9. The zero-order valence-corrected chi connectivity index (χ0v) is 13.2. The molecule has 0 aliphatic carbocycles. The normalized spacial score (nSPS) is 18.9. The molecule has 0 aromatic heterocycles. The van der Waals surface area contributed by atoms with Crippen molar-refractivity contribution in [2.45, 2.75) is 25.3 Å². The molecule has 1 amide bonds. The summed E-state index contributed by atoms with van der Waals surface area (Å²) >= 11 is 6.77. The molecule has 0 radical (unpaired) electrons. The number of benzene rings is 1. The van der Waals surface area contributed by atoms with Gasteiger partial charge in [-0.2, -0.15) is 0 Å². The van der Waals surface area contributed by atoms with Crippen molar-refractivity contribution in [1.29, 1.82) is 0 Å². The summed E-state index contributed by atoms with van der Waals surface area (Å²) in [7, 11) is 0. The number of rotatable bonds is 4. The molecule has 0 saturated carbocycles. The van der Waals surface area contributed by atoms with Crippen molar-refractivity contribution >= 4 is 37.8 Å². The Morgan fingerprint density at radius 1 is 1.33 bits per heavy atom. The molecular formula is C13H16Br2N2O. The minimum Gasteiger partial charge on any atom is -0.352 e. The van der Waals surface area contributed by atoms with Crippen LogP contribution in [0.1, 0.15) is 29.6 Å². The third-order valence-corrected chi connectivity index (χ3v) is 3.98. The fourth-order valence-corrected chi connectivity index (χ4v) is 3.44. The molecule has 1 aliphatic heterocycles. The average Bonchev–Trinajstić information content (AvgIpc) is 2.80. The van der Waals surface area contributed by atoms with E-state index in [1.54, 1.807) is 0 Å². The molecule has 1 aromatic rings. The molecule has 1 saturated heterocycles. The monoisotopic (exact) mass is 374 g/mol. The van der Waals surface area contributed by atoms with E-state index in [9.17, 15) is 4.79 Å².